The van der Waals surface area contributed by atoms with Crippen LogP contribution in [0.3, 0.4) is 0 Å². The Morgan fingerprint density at radius 1 is 1.23 bits per heavy atom. The molecule has 0 unspecified atom stereocenters. The van der Waals surface area contributed by atoms with E-state index in [1.165, 1.54) is 24.4 Å². The highest BCUT2D eigenvalue weighted by Gasteiger charge is 2.08. The molecule has 0 aliphatic rings. The van der Waals surface area contributed by atoms with Crippen LogP contribution in [0.2, 0.25) is 5.02 Å². The number of hydrogen-bond acceptors (Lipinski definition) is 4. The molecule has 0 aliphatic heterocycles. The number of rotatable bonds is 4. The second-order valence-electron chi connectivity index (χ2n) is 4.15. The van der Waals surface area contributed by atoms with Gasteiger partial charge in [-0.1, -0.05) is 29.8 Å². The number of hydrazone groups is 1. The van der Waals surface area contributed by atoms with Crippen molar-refractivity contribution in [2.75, 3.05) is 5.32 Å². The molecule has 2 aromatic rings. The normalized spacial score (nSPS) is 10.4. The molecule has 8 heteroatoms. The number of nitrogens with zero attached hydrogens (tertiary/aromatic N) is 2. The number of benzene rings is 2. The zero-order chi connectivity index (χ0) is 15.9. The van der Waals surface area contributed by atoms with Crippen LogP contribution in [0.25, 0.3) is 0 Å². The first kappa shape index (κ1) is 15.5. The van der Waals surface area contributed by atoms with E-state index in [1.807, 2.05) is 6.07 Å². The summed E-state index contributed by atoms with van der Waals surface area (Å²) < 4.78 is 0. The van der Waals surface area contributed by atoms with Crippen molar-refractivity contribution in [3.8, 4) is 0 Å². The van der Waals surface area contributed by atoms with Gasteiger partial charge in [-0.3, -0.25) is 10.1 Å². The minimum atomic E-state index is -0.538. The summed E-state index contributed by atoms with van der Waals surface area (Å²) in [6.45, 7) is 0. The Balaban J connectivity index is 1.99. The lowest BCUT2D eigenvalue weighted by atomic mass is 10.2. The van der Waals surface area contributed by atoms with Crippen molar-refractivity contribution >= 4 is 35.2 Å². The zero-order valence-corrected chi connectivity index (χ0v) is 11.9. The molecule has 0 radical (unpaired) electrons. The van der Waals surface area contributed by atoms with E-state index in [4.69, 9.17) is 11.6 Å². The molecule has 2 aromatic carbocycles. The Kier molecular flexibility index (Phi) is 5.05. The minimum absolute atomic E-state index is 0.111. The van der Waals surface area contributed by atoms with Crippen molar-refractivity contribution in [2.45, 2.75) is 0 Å². The second-order valence-corrected chi connectivity index (χ2v) is 4.56. The number of halogens is 1. The number of hydrogen-bond donors (Lipinski definition) is 2. The first-order valence-corrected chi connectivity index (χ1v) is 6.53. The number of anilines is 1. The Labute approximate surface area is 130 Å². The molecule has 2 N–H and O–H groups in total. The third-order valence-electron chi connectivity index (χ3n) is 2.59. The van der Waals surface area contributed by atoms with Gasteiger partial charge in [-0.15, -0.1) is 0 Å². The van der Waals surface area contributed by atoms with Gasteiger partial charge in [0.15, 0.2) is 0 Å². The van der Waals surface area contributed by atoms with Crippen LogP contribution in [0.15, 0.2) is 53.6 Å². The van der Waals surface area contributed by atoms with Crippen LogP contribution in [-0.4, -0.2) is 17.2 Å². The van der Waals surface area contributed by atoms with Gasteiger partial charge >= 0.3 is 6.03 Å². The average molecular weight is 319 g/mol. The summed E-state index contributed by atoms with van der Waals surface area (Å²) >= 11 is 5.90. The van der Waals surface area contributed by atoms with Crippen LogP contribution in [0.1, 0.15) is 5.56 Å². The van der Waals surface area contributed by atoms with Gasteiger partial charge in [0.1, 0.15) is 0 Å². The number of amides is 2. The number of para-hydroxylation sites is 1. The predicted octanol–water partition coefficient (Wildman–Crippen LogP) is 3.40. The van der Waals surface area contributed by atoms with Crippen LogP contribution >= 0.6 is 11.6 Å². The van der Waals surface area contributed by atoms with E-state index in [0.717, 1.165) is 0 Å². The monoisotopic (exact) mass is 318 g/mol. The standard InChI is InChI=1S/C14H11ClN4O3/c15-13-7-6-12(19(21)22)8-10(13)9-16-18-14(20)17-11-4-2-1-3-5-11/h1-9H,(H2,17,18,20)/b16-9-. The lowest BCUT2D eigenvalue weighted by molar-refractivity contribution is -0.384. The Hall–Kier alpha value is -2.93. The summed E-state index contributed by atoms with van der Waals surface area (Å²) in [7, 11) is 0. The second kappa shape index (κ2) is 7.19. The van der Waals surface area contributed by atoms with Gasteiger partial charge in [-0.25, -0.2) is 10.2 Å². The summed E-state index contributed by atoms with van der Waals surface area (Å²) in [5, 5.41) is 17.3. The number of carbonyl (C=O) groups is 1. The topological polar surface area (TPSA) is 96.6 Å². The number of nitro benzene ring substituents is 1. The number of non-ortho nitro benzene ring substituents is 1. The van der Waals surface area contributed by atoms with Crippen LogP contribution < -0.4 is 10.7 Å². The summed E-state index contributed by atoms with van der Waals surface area (Å²) in [4.78, 5) is 21.7. The summed E-state index contributed by atoms with van der Waals surface area (Å²) in [6, 6.07) is 12.2. The van der Waals surface area contributed by atoms with Gasteiger partial charge in [0.2, 0.25) is 0 Å². The van der Waals surface area contributed by atoms with Crippen LogP contribution in [0.4, 0.5) is 16.2 Å². The zero-order valence-electron chi connectivity index (χ0n) is 11.2. The van der Waals surface area contributed by atoms with E-state index in [-0.39, 0.29) is 5.69 Å². The van der Waals surface area contributed by atoms with E-state index in [9.17, 15) is 14.9 Å². The first-order chi connectivity index (χ1) is 10.6. The quantitative estimate of drug-likeness (QED) is 0.513. The summed E-state index contributed by atoms with van der Waals surface area (Å²) in [6.07, 6.45) is 1.24. The molecular weight excluding hydrogens is 308 g/mol. The van der Waals surface area contributed by atoms with Crippen molar-refractivity contribution in [1.29, 1.82) is 0 Å². The molecule has 0 saturated heterocycles. The van der Waals surface area contributed by atoms with E-state index < -0.39 is 11.0 Å². The van der Waals surface area contributed by atoms with Gasteiger partial charge < -0.3 is 5.32 Å². The number of carbonyl (C=O) groups excluding carboxylic acids is 1. The maximum absolute atomic E-state index is 11.6. The number of nitrogens with one attached hydrogen (secondary N) is 2. The number of urea groups is 1. The maximum atomic E-state index is 11.6. The first-order valence-electron chi connectivity index (χ1n) is 6.15. The largest absolute Gasteiger partial charge is 0.339 e. The molecule has 22 heavy (non-hydrogen) atoms. The van der Waals surface area contributed by atoms with E-state index in [0.29, 0.717) is 16.3 Å². The molecule has 0 heterocycles. The molecule has 2 amide bonds. The fraction of sp³-hybridized carbons (Fsp3) is 0. The van der Waals surface area contributed by atoms with Crippen molar-refractivity contribution in [2.24, 2.45) is 5.10 Å². The van der Waals surface area contributed by atoms with Crippen molar-refractivity contribution in [1.82, 2.24) is 5.43 Å². The van der Waals surface area contributed by atoms with Crippen molar-refractivity contribution in [3.05, 3.63) is 69.2 Å². The van der Waals surface area contributed by atoms with Gasteiger partial charge in [0.25, 0.3) is 5.69 Å². The van der Waals surface area contributed by atoms with E-state index in [1.54, 1.807) is 24.3 Å². The van der Waals surface area contributed by atoms with Gasteiger partial charge in [0.05, 0.1) is 11.1 Å². The Bertz CT molecular complexity index is 719. The van der Waals surface area contributed by atoms with Crippen LogP contribution in [0.5, 0.6) is 0 Å². The lowest BCUT2D eigenvalue weighted by Gasteiger charge is -2.03. The highest BCUT2D eigenvalue weighted by molar-refractivity contribution is 6.33. The molecule has 0 spiro atoms. The Morgan fingerprint density at radius 3 is 2.64 bits per heavy atom. The molecule has 112 valence electrons. The average Bonchev–Trinajstić information content (AvgIpc) is 2.50. The highest BCUT2D eigenvalue weighted by Crippen LogP contribution is 2.20. The predicted molar refractivity (Wildman–Crippen MR) is 84.3 cm³/mol. The fourth-order valence-electron chi connectivity index (χ4n) is 1.58. The van der Waals surface area contributed by atoms with Crippen LogP contribution in [-0.2, 0) is 0 Å². The van der Waals surface area contributed by atoms with Gasteiger partial charge in [0, 0.05) is 28.4 Å². The van der Waals surface area contributed by atoms with Gasteiger partial charge in [-0.2, -0.15) is 5.10 Å². The molecule has 0 aliphatic carbocycles. The smallest absolute Gasteiger partial charge is 0.307 e. The minimum Gasteiger partial charge on any atom is -0.307 e. The molecular formula is C14H11ClN4O3. The van der Waals surface area contributed by atoms with E-state index >= 15 is 0 Å². The van der Waals surface area contributed by atoms with Crippen molar-refractivity contribution in [3.63, 3.8) is 0 Å². The summed E-state index contributed by atoms with van der Waals surface area (Å²) in [5.74, 6) is 0. The maximum Gasteiger partial charge on any atom is 0.339 e. The SMILES string of the molecule is O=C(N/N=C\c1cc([N+](=O)[O-])ccc1Cl)Nc1ccccc1. The summed E-state index contributed by atoms with van der Waals surface area (Å²) in [5.41, 5.74) is 3.08. The van der Waals surface area contributed by atoms with Crippen LogP contribution in [0, 0.1) is 10.1 Å². The third-order valence-corrected chi connectivity index (χ3v) is 2.94. The lowest BCUT2D eigenvalue weighted by Crippen LogP contribution is -2.24. The molecule has 2 rings (SSSR count). The van der Waals surface area contributed by atoms with E-state index in [2.05, 4.69) is 15.8 Å². The highest BCUT2D eigenvalue weighted by atomic mass is 35.5. The molecule has 0 saturated carbocycles. The van der Waals surface area contributed by atoms with Crippen molar-refractivity contribution < 1.29 is 9.72 Å². The van der Waals surface area contributed by atoms with Gasteiger partial charge in [-0.05, 0) is 18.2 Å². The molecule has 0 bridgehead atoms. The molecule has 0 atom stereocenters. The Morgan fingerprint density at radius 2 is 1.95 bits per heavy atom. The molecule has 0 fully saturated rings. The fourth-order valence-corrected chi connectivity index (χ4v) is 1.75. The molecule has 7 nitrogen and oxygen atoms in total. The molecule has 0 aromatic heterocycles. The third kappa shape index (κ3) is 4.29. The number of nitro groups is 1.